The molecule has 5 heteroatoms. The molecule has 0 amide bonds. The first-order chi connectivity index (χ1) is 9.62. The molecule has 2 heterocycles. The van der Waals surface area contributed by atoms with E-state index in [9.17, 15) is 0 Å². The first-order valence-electron chi connectivity index (χ1n) is 7.41. The van der Waals surface area contributed by atoms with Crippen molar-refractivity contribution in [2.24, 2.45) is 11.7 Å². The van der Waals surface area contributed by atoms with Gasteiger partial charge in [-0.05, 0) is 31.7 Å². The minimum absolute atomic E-state index is 0.0231. The molecule has 2 unspecified atom stereocenters. The maximum absolute atomic E-state index is 6.08. The zero-order chi connectivity index (χ0) is 14.2. The summed E-state index contributed by atoms with van der Waals surface area (Å²) in [6.45, 7) is 4.95. The number of nitrogens with one attached hydrogen (secondary N) is 1. The van der Waals surface area contributed by atoms with Gasteiger partial charge in [-0.15, -0.1) is 0 Å². The fraction of sp³-hybridized carbons (Fsp3) is 0.600. The Labute approximate surface area is 119 Å². The maximum atomic E-state index is 6.08. The summed E-state index contributed by atoms with van der Waals surface area (Å²) in [5.74, 6) is 1.61. The van der Waals surface area contributed by atoms with Gasteiger partial charge in [-0.2, -0.15) is 5.10 Å². The summed E-state index contributed by atoms with van der Waals surface area (Å²) in [6, 6.07) is 2.06. The van der Waals surface area contributed by atoms with Crippen molar-refractivity contribution in [2.45, 2.75) is 45.1 Å². The molecular weight excluding hydrogens is 250 g/mol. The predicted octanol–water partition coefficient (Wildman–Crippen LogP) is 2.36. The van der Waals surface area contributed by atoms with Gasteiger partial charge < -0.3 is 11.1 Å². The van der Waals surface area contributed by atoms with Gasteiger partial charge in [0.1, 0.15) is 5.52 Å². The molecule has 1 aliphatic rings. The van der Waals surface area contributed by atoms with E-state index in [1.54, 1.807) is 6.20 Å². The van der Waals surface area contributed by atoms with Crippen LogP contribution >= 0.6 is 0 Å². The molecule has 20 heavy (non-hydrogen) atoms. The second kappa shape index (κ2) is 5.05. The monoisotopic (exact) mass is 273 g/mol. The maximum Gasteiger partial charge on any atom is 0.152 e. The van der Waals surface area contributed by atoms with Gasteiger partial charge in [-0.3, -0.25) is 0 Å². The normalized spacial score (nSPS) is 26.9. The number of hydrogen-bond donors (Lipinski definition) is 2. The highest BCUT2D eigenvalue weighted by atomic mass is 15.2. The average molecular weight is 273 g/mol. The molecule has 2 atom stereocenters. The van der Waals surface area contributed by atoms with Crippen molar-refractivity contribution < 1.29 is 0 Å². The molecule has 2 aromatic rings. The Kier molecular flexibility index (Phi) is 3.38. The van der Waals surface area contributed by atoms with E-state index >= 15 is 0 Å². The summed E-state index contributed by atoms with van der Waals surface area (Å²) in [5, 5.41) is 8.07. The van der Waals surface area contributed by atoms with Crippen LogP contribution in [0.4, 0.5) is 5.82 Å². The van der Waals surface area contributed by atoms with Crippen molar-refractivity contribution in [1.29, 1.82) is 0 Å². The smallest absolute Gasteiger partial charge is 0.152 e. The highest BCUT2D eigenvalue weighted by molar-refractivity contribution is 5.68. The largest absolute Gasteiger partial charge is 0.362 e. The van der Waals surface area contributed by atoms with E-state index in [1.807, 2.05) is 17.6 Å². The van der Waals surface area contributed by atoms with Crippen LogP contribution < -0.4 is 11.1 Å². The van der Waals surface area contributed by atoms with Crippen LogP contribution in [0.2, 0.25) is 0 Å². The van der Waals surface area contributed by atoms with Crippen molar-refractivity contribution in [3.05, 3.63) is 24.2 Å². The molecule has 5 nitrogen and oxygen atoms in total. The Morgan fingerprint density at radius 1 is 1.55 bits per heavy atom. The van der Waals surface area contributed by atoms with Crippen LogP contribution in [-0.4, -0.2) is 26.7 Å². The molecule has 108 valence electrons. The molecule has 0 radical (unpaired) electrons. The van der Waals surface area contributed by atoms with Crippen molar-refractivity contribution in [2.75, 3.05) is 11.9 Å². The number of anilines is 1. The van der Waals surface area contributed by atoms with E-state index in [-0.39, 0.29) is 5.54 Å². The van der Waals surface area contributed by atoms with Gasteiger partial charge in [0.05, 0.1) is 11.2 Å². The lowest BCUT2D eigenvalue weighted by Crippen LogP contribution is -2.49. The number of rotatable bonds is 3. The molecular formula is C15H23N5. The number of nitrogens with zero attached hydrogens (tertiary/aromatic N) is 3. The second-order valence-electron chi connectivity index (χ2n) is 6.20. The van der Waals surface area contributed by atoms with E-state index in [4.69, 9.17) is 5.73 Å². The molecule has 0 aliphatic heterocycles. The van der Waals surface area contributed by atoms with E-state index in [0.29, 0.717) is 12.5 Å². The first-order valence-corrected chi connectivity index (χ1v) is 7.41. The minimum atomic E-state index is -0.0231. The van der Waals surface area contributed by atoms with Crippen LogP contribution in [0, 0.1) is 12.8 Å². The zero-order valence-corrected chi connectivity index (χ0v) is 12.3. The van der Waals surface area contributed by atoms with Crippen molar-refractivity contribution in [1.82, 2.24) is 14.6 Å². The van der Waals surface area contributed by atoms with Crippen molar-refractivity contribution >= 4 is 11.3 Å². The average Bonchev–Trinajstić information content (AvgIpc) is 2.80. The number of fused-ring (bicyclic) bond motifs is 1. The molecule has 0 saturated heterocycles. The summed E-state index contributed by atoms with van der Waals surface area (Å²) in [4.78, 5) is 4.50. The van der Waals surface area contributed by atoms with Gasteiger partial charge in [0.2, 0.25) is 0 Å². The fourth-order valence-electron chi connectivity index (χ4n) is 3.40. The van der Waals surface area contributed by atoms with Crippen LogP contribution in [0.3, 0.4) is 0 Å². The standard InChI is InChI=1S/C15H23N5/c1-11-4-3-5-15(9-11,10-16)18-14-13-8-12(2)19-20(13)7-6-17-14/h6-8,11H,3-5,9-10,16H2,1-2H3,(H,17,18). The summed E-state index contributed by atoms with van der Waals surface area (Å²) < 4.78 is 1.88. The van der Waals surface area contributed by atoms with Gasteiger partial charge in [-0.25, -0.2) is 9.50 Å². The van der Waals surface area contributed by atoms with Crippen LogP contribution in [0.5, 0.6) is 0 Å². The van der Waals surface area contributed by atoms with Crippen LogP contribution in [0.1, 0.15) is 38.3 Å². The summed E-state index contributed by atoms with van der Waals surface area (Å²) in [7, 11) is 0. The van der Waals surface area contributed by atoms with Gasteiger partial charge in [-0.1, -0.05) is 19.8 Å². The van der Waals surface area contributed by atoms with E-state index in [1.165, 1.54) is 12.8 Å². The molecule has 0 spiro atoms. The van der Waals surface area contributed by atoms with Crippen LogP contribution in [0.15, 0.2) is 18.5 Å². The zero-order valence-electron chi connectivity index (χ0n) is 12.3. The molecule has 0 bridgehead atoms. The lowest BCUT2D eigenvalue weighted by Gasteiger charge is -2.40. The topological polar surface area (TPSA) is 68.2 Å². The Morgan fingerprint density at radius 3 is 3.15 bits per heavy atom. The lowest BCUT2D eigenvalue weighted by atomic mass is 9.76. The Balaban J connectivity index is 1.94. The molecule has 1 fully saturated rings. The Morgan fingerprint density at radius 2 is 2.40 bits per heavy atom. The molecule has 3 N–H and O–H groups in total. The highest BCUT2D eigenvalue weighted by Crippen LogP contribution is 2.34. The third-order valence-corrected chi connectivity index (χ3v) is 4.38. The van der Waals surface area contributed by atoms with E-state index < -0.39 is 0 Å². The molecule has 2 aromatic heterocycles. The second-order valence-corrected chi connectivity index (χ2v) is 6.20. The van der Waals surface area contributed by atoms with E-state index in [0.717, 1.165) is 29.9 Å². The predicted molar refractivity (Wildman–Crippen MR) is 80.8 cm³/mol. The van der Waals surface area contributed by atoms with Crippen molar-refractivity contribution in [3.63, 3.8) is 0 Å². The third-order valence-electron chi connectivity index (χ3n) is 4.38. The summed E-state index contributed by atoms with van der Waals surface area (Å²) >= 11 is 0. The van der Waals surface area contributed by atoms with Gasteiger partial charge in [0.25, 0.3) is 0 Å². The molecule has 1 saturated carbocycles. The van der Waals surface area contributed by atoms with Crippen molar-refractivity contribution in [3.8, 4) is 0 Å². The van der Waals surface area contributed by atoms with Gasteiger partial charge >= 0.3 is 0 Å². The number of aryl methyl sites for hydroxylation is 1. The number of aromatic nitrogens is 3. The van der Waals surface area contributed by atoms with Crippen LogP contribution in [-0.2, 0) is 0 Å². The summed E-state index contributed by atoms with van der Waals surface area (Å²) in [6.07, 6.45) is 8.42. The fourth-order valence-corrected chi connectivity index (χ4v) is 3.40. The first kappa shape index (κ1) is 13.4. The Bertz CT molecular complexity index is 605. The lowest BCUT2D eigenvalue weighted by molar-refractivity contribution is 0.263. The summed E-state index contributed by atoms with van der Waals surface area (Å²) in [5.41, 5.74) is 8.09. The van der Waals surface area contributed by atoms with Gasteiger partial charge in [0, 0.05) is 18.9 Å². The number of nitrogens with two attached hydrogens (primary N) is 1. The Hall–Kier alpha value is -1.62. The highest BCUT2D eigenvalue weighted by Gasteiger charge is 2.34. The third kappa shape index (κ3) is 2.38. The quantitative estimate of drug-likeness (QED) is 0.901. The van der Waals surface area contributed by atoms with Gasteiger partial charge in [0.15, 0.2) is 5.82 Å². The molecule has 3 rings (SSSR count). The molecule has 1 aliphatic carbocycles. The minimum Gasteiger partial charge on any atom is -0.362 e. The SMILES string of the molecule is Cc1cc2c(NC3(CN)CCCC(C)C3)nccn2n1. The van der Waals surface area contributed by atoms with Crippen LogP contribution in [0.25, 0.3) is 5.52 Å². The van der Waals surface area contributed by atoms with E-state index in [2.05, 4.69) is 28.4 Å². The molecule has 0 aromatic carbocycles. The number of hydrogen-bond acceptors (Lipinski definition) is 4.